The van der Waals surface area contributed by atoms with Crippen molar-refractivity contribution in [3.05, 3.63) is 109 Å². The number of rotatable bonds is 6. The van der Waals surface area contributed by atoms with Crippen LogP contribution in [0, 0.1) is 0 Å². The van der Waals surface area contributed by atoms with Crippen molar-refractivity contribution in [2.75, 3.05) is 5.32 Å². The molecule has 2 aromatic carbocycles. The minimum absolute atomic E-state index is 0.793. The monoisotopic (exact) mass is 420 g/mol. The Hall–Kier alpha value is -3.70. The summed E-state index contributed by atoms with van der Waals surface area (Å²) in [5.41, 5.74) is 6.19. The van der Waals surface area contributed by atoms with Crippen molar-refractivity contribution < 1.29 is 0 Å². The van der Waals surface area contributed by atoms with Crippen LogP contribution in [0.1, 0.15) is 5.56 Å². The van der Waals surface area contributed by atoms with E-state index in [1.807, 2.05) is 54.4 Å². The summed E-state index contributed by atoms with van der Waals surface area (Å²) >= 11 is 1.82. The van der Waals surface area contributed by atoms with Crippen LogP contribution in [-0.4, -0.2) is 15.0 Å². The third-order valence-electron chi connectivity index (χ3n) is 4.93. The molecule has 3 aromatic heterocycles. The Morgan fingerprint density at radius 1 is 0.774 bits per heavy atom. The normalized spacial score (nSPS) is 10.8. The lowest BCUT2D eigenvalue weighted by Crippen LogP contribution is -1.96. The van der Waals surface area contributed by atoms with Crippen molar-refractivity contribution in [2.45, 2.75) is 10.6 Å². The molecule has 0 spiro atoms. The predicted molar refractivity (Wildman–Crippen MR) is 128 cm³/mol. The van der Waals surface area contributed by atoms with E-state index in [1.165, 1.54) is 10.5 Å². The fraction of sp³-hybridized carbons (Fsp3) is 0.0385. The molecule has 5 rings (SSSR count). The van der Waals surface area contributed by atoms with Gasteiger partial charge in [0.25, 0.3) is 0 Å². The highest BCUT2D eigenvalue weighted by atomic mass is 32.2. The van der Waals surface area contributed by atoms with Crippen LogP contribution < -0.4 is 5.32 Å². The highest BCUT2D eigenvalue weighted by Gasteiger charge is 2.08. The van der Waals surface area contributed by atoms with Gasteiger partial charge in [0, 0.05) is 40.5 Å². The highest BCUT2D eigenvalue weighted by Crippen LogP contribution is 2.29. The summed E-state index contributed by atoms with van der Waals surface area (Å²) < 4.78 is 0. The van der Waals surface area contributed by atoms with Gasteiger partial charge < -0.3 is 5.32 Å². The van der Waals surface area contributed by atoms with E-state index in [0.29, 0.717) is 0 Å². The molecule has 5 aromatic rings. The molecule has 0 saturated carbocycles. The zero-order valence-corrected chi connectivity index (χ0v) is 17.6. The number of anilines is 2. The first-order valence-corrected chi connectivity index (χ1v) is 11.0. The van der Waals surface area contributed by atoms with E-state index >= 15 is 0 Å². The Morgan fingerprint density at radius 2 is 1.65 bits per heavy atom. The molecule has 5 heteroatoms. The smallest absolute Gasteiger partial charge is 0.131 e. The Labute approximate surface area is 185 Å². The van der Waals surface area contributed by atoms with Gasteiger partial charge >= 0.3 is 0 Å². The van der Waals surface area contributed by atoms with E-state index in [9.17, 15) is 0 Å². The van der Waals surface area contributed by atoms with Crippen LogP contribution in [0.2, 0.25) is 0 Å². The number of hydrogen-bond donors (Lipinski definition) is 1. The van der Waals surface area contributed by atoms with Crippen molar-refractivity contribution in [3.63, 3.8) is 0 Å². The molecule has 0 amide bonds. The summed E-state index contributed by atoms with van der Waals surface area (Å²) in [5.74, 6) is 1.74. The predicted octanol–water partition coefficient (Wildman–Crippen LogP) is 6.73. The van der Waals surface area contributed by atoms with Gasteiger partial charge in [-0.25, -0.2) is 4.98 Å². The number of nitrogens with zero attached hydrogens (tertiary/aromatic N) is 3. The number of benzene rings is 2. The first kappa shape index (κ1) is 19.3. The molecule has 0 radical (unpaired) electrons. The number of nitrogens with one attached hydrogen (secondary N) is 1. The van der Waals surface area contributed by atoms with Gasteiger partial charge in [-0.2, -0.15) is 0 Å². The third-order valence-corrected chi connectivity index (χ3v) is 5.99. The Kier molecular flexibility index (Phi) is 5.58. The van der Waals surface area contributed by atoms with Gasteiger partial charge in [0.05, 0.1) is 11.0 Å². The maximum Gasteiger partial charge on any atom is 0.131 e. The van der Waals surface area contributed by atoms with E-state index < -0.39 is 0 Å². The molecule has 0 unspecified atom stereocenters. The average molecular weight is 421 g/mol. The summed E-state index contributed by atoms with van der Waals surface area (Å²) in [5, 5.41) is 3.45. The fourth-order valence-electron chi connectivity index (χ4n) is 3.41. The van der Waals surface area contributed by atoms with Crippen LogP contribution in [-0.2, 0) is 5.75 Å². The number of hydrogen-bond acceptors (Lipinski definition) is 5. The molecule has 0 saturated heterocycles. The summed E-state index contributed by atoms with van der Waals surface area (Å²) in [6, 6.07) is 28.9. The van der Waals surface area contributed by atoms with Gasteiger partial charge in [0.2, 0.25) is 0 Å². The Bertz CT molecular complexity index is 1310. The zero-order chi connectivity index (χ0) is 20.9. The van der Waals surface area contributed by atoms with E-state index in [2.05, 4.69) is 63.8 Å². The van der Waals surface area contributed by atoms with Gasteiger partial charge in [-0.3, -0.25) is 9.97 Å². The van der Waals surface area contributed by atoms with Crippen LogP contribution in [0.3, 0.4) is 0 Å². The average Bonchev–Trinajstić information content (AvgIpc) is 2.84. The quantitative estimate of drug-likeness (QED) is 0.309. The molecule has 0 bridgehead atoms. The van der Waals surface area contributed by atoms with Crippen molar-refractivity contribution in [1.29, 1.82) is 0 Å². The van der Waals surface area contributed by atoms with Gasteiger partial charge in [0.15, 0.2) is 0 Å². The number of thioether (sulfide) groups is 1. The largest absolute Gasteiger partial charge is 0.340 e. The minimum atomic E-state index is 0.793. The minimum Gasteiger partial charge on any atom is -0.340 e. The van der Waals surface area contributed by atoms with Crippen LogP contribution in [0.4, 0.5) is 11.5 Å². The molecule has 1 N–H and O–H groups in total. The number of aromatic nitrogens is 3. The second kappa shape index (κ2) is 8.98. The van der Waals surface area contributed by atoms with E-state index in [4.69, 9.17) is 4.98 Å². The van der Waals surface area contributed by atoms with E-state index in [0.717, 1.165) is 39.4 Å². The van der Waals surface area contributed by atoms with Crippen molar-refractivity contribution in [3.8, 4) is 11.1 Å². The lowest BCUT2D eigenvalue weighted by Gasteiger charge is -2.10. The van der Waals surface area contributed by atoms with Crippen LogP contribution >= 0.6 is 11.8 Å². The second-order valence-corrected chi connectivity index (χ2v) is 8.13. The van der Waals surface area contributed by atoms with Crippen LogP contribution in [0.5, 0.6) is 0 Å². The van der Waals surface area contributed by atoms with Gasteiger partial charge in [-0.15, -0.1) is 11.8 Å². The fourth-order valence-corrected chi connectivity index (χ4v) is 4.32. The molecule has 0 aliphatic heterocycles. The summed E-state index contributed by atoms with van der Waals surface area (Å²) in [6.07, 6.45) is 5.41. The lowest BCUT2D eigenvalue weighted by atomic mass is 10.1. The van der Waals surface area contributed by atoms with Crippen molar-refractivity contribution >= 4 is 34.3 Å². The third kappa shape index (κ3) is 4.57. The molecule has 4 nitrogen and oxygen atoms in total. The Balaban J connectivity index is 1.39. The van der Waals surface area contributed by atoms with Gasteiger partial charge in [-0.05, 0) is 59.7 Å². The van der Waals surface area contributed by atoms with Crippen molar-refractivity contribution in [1.82, 2.24) is 15.0 Å². The standard InChI is InChI=1S/C26H20N4S/c1-2-5-19(6-3-1)18-31-22-8-4-7-21(17-22)29-25-10-9-24-26(30-25)23(13-16-28-24)20-11-14-27-15-12-20/h1-17H,18H2,(H,29,30). The first-order valence-electron chi connectivity index (χ1n) is 10.1. The van der Waals surface area contributed by atoms with Crippen LogP contribution in [0.25, 0.3) is 22.2 Å². The molecule has 31 heavy (non-hydrogen) atoms. The SMILES string of the molecule is c1ccc(CSc2cccc(Nc3ccc4nccc(-c5ccncc5)c4n3)c2)cc1. The van der Waals surface area contributed by atoms with E-state index in [1.54, 1.807) is 12.4 Å². The topological polar surface area (TPSA) is 50.7 Å². The summed E-state index contributed by atoms with van der Waals surface area (Å²) in [7, 11) is 0. The van der Waals surface area contributed by atoms with E-state index in [-0.39, 0.29) is 0 Å². The molecule has 0 aliphatic rings. The lowest BCUT2D eigenvalue weighted by molar-refractivity contribution is 1.30. The molecule has 150 valence electrons. The maximum atomic E-state index is 4.87. The van der Waals surface area contributed by atoms with Gasteiger partial charge in [-0.1, -0.05) is 36.4 Å². The molecule has 3 heterocycles. The van der Waals surface area contributed by atoms with Gasteiger partial charge in [0.1, 0.15) is 5.82 Å². The summed E-state index contributed by atoms with van der Waals surface area (Å²) in [4.78, 5) is 14.7. The zero-order valence-electron chi connectivity index (χ0n) is 16.8. The number of pyridine rings is 3. The number of fused-ring (bicyclic) bond motifs is 1. The first-order chi connectivity index (χ1) is 15.3. The molecular weight excluding hydrogens is 400 g/mol. The molecule has 0 aliphatic carbocycles. The molecule has 0 atom stereocenters. The Morgan fingerprint density at radius 3 is 2.52 bits per heavy atom. The molecule has 0 fully saturated rings. The highest BCUT2D eigenvalue weighted by molar-refractivity contribution is 7.98. The van der Waals surface area contributed by atoms with Crippen LogP contribution in [0.15, 0.2) is 108 Å². The maximum absolute atomic E-state index is 4.87. The second-order valence-electron chi connectivity index (χ2n) is 7.09. The van der Waals surface area contributed by atoms with Crippen molar-refractivity contribution in [2.24, 2.45) is 0 Å². The molecular formula is C26H20N4S. The summed E-state index contributed by atoms with van der Waals surface area (Å²) in [6.45, 7) is 0.